The maximum Gasteiger partial charge on any atom is 0.304 e. The maximum atomic E-state index is 12.4. The Labute approximate surface area is 114 Å². The average molecular weight is 290 g/mol. The van der Waals surface area contributed by atoms with Crippen LogP contribution in [0.1, 0.15) is 32.1 Å². The Morgan fingerprint density at radius 3 is 2.21 bits per heavy atom. The molecule has 7 heteroatoms. The number of carbonyl (C=O) groups is 1. The third-order valence-electron chi connectivity index (χ3n) is 4.06. The van der Waals surface area contributed by atoms with Crippen molar-refractivity contribution in [3.63, 3.8) is 0 Å². The molecule has 2 rings (SSSR count). The number of nitrogens with zero attached hydrogens (tertiary/aromatic N) is 2. The summed E-state index contributed by atoms with van der Waals surface area (Å²) in [5, 5.41) is 8.45. The molecule has 1 heterocycles. The molecule has 19 heavy (non-hydrogen) atoms. The first-order valence-corrected chi connectivity index (χ1v) is 8.43. The van der Waals surface area contributed by atoms with Crippen molar-refractivity contribution >= 4 is 16.0 Å². The first-order valence-electron chi connectivity index (χ1n) is 6.93. The lowest BCUT2D eigenvalue weighted by molar-refractivity contribution is -0.137. The number of hydrogen-bond donors (Lipinski definition) is 1. The molecule has 0 atom stereocenters. The van der Waals surface area contributed by atoms with Gasteiger partial charge in [0.05, 0.1) is 11.7 Å². The second-order valence-corrected chi connectivity index (χ2v) is 7.55. The fourth-order valence-electron chi connectivity index (χ4n) is 2.86. The van der Waals surface area contributed by atoms with Crippen LogP contribution in [0.5, 0.6) is 0 Å². The Morgan fingerprint density at radius 2 is 1.68 bits per heavy atom. The summed E-state index contributed by atoms with van der Waals surface area (Å²) in [7, 11) is -3.13. The van der Waals surface area contributed by atoms with Crippen LogP contribution >= 0.6 is 0 Å². The third kappa shape index (κ3) is 3.67. The number of hydrogen-bond acceptors (Lipinski definition) is 4. The van der Waals surface area contributed by atoms with Crippen LogP contribution in [0.3, 0.4) is 0 Å². The lowest BCUT2D eigenvalue weighted by Crippen LogP contribution is -2.51. The Bertz CT molecular complexity index is 409. The van der Waals surface area contributed by atoms with E-state index in [9.17, 15) is 13.2 Å². The van der Waals surface area contributed by atoms with E-state index >= 15 is 0 Å². The second kappa shape index (κ2) is 6.19. The molecule has 0 radical (unpaired) electrons. The highest BCUT2D eigenvalue weighted by Gasteiger charge is 2.35. The van der Waals surface area contributed by atoms with Crippen LogP contribution in [0.4, 0.5) is 0 Å². The summed E-state index contributed by atoms with van der Waals surface area (Å²) >= 11 is 0. The molecule has 0 aromatic carbocycles. The van der Waals surface area contributed by atoms with Crippen LogP contribution in [0.15, 0.2) is 0 Å². The number of sulfonamides is 1. The quantitative estimate of drug-likeness (QED) is 0.790. The summed E-state index contributed by atoms with van der Waals surface area (Å²) in [4.78, 5) is 12.5. The molecule has 1 N–H and O–H groups in total. The van der Waals surface area contributed by atoms with Gasteiger partial charge in [-0.05, 0) is 12.8 Å². The molecule has 0 amide bonds. The lowest BCUT2D eigenvalue weighted by atomic mass is 10.3. The zero-order valence-corrected chi connectivity index (χ0v) is 11.9. The molecule has 1 aliphatic carbocycles. The van der Waals surface area contributed by atoms with E-state index in [-0.39, 0.29) is 11.7 Å². The van der Waals surface area contributed by atoms with E-state index in [1.54, 1.807) is 4.31 Å². The highest BCUT2D eigenvalue weighted by atomic mass is 32.2. The summed E-state index contributed by atoms with van der Waals surface area (Å²) in [5.74, 6) is -0.805. The minimum absolute atomic E-state index is 0.120. The van der Waals surface area contributed by atoms with Gasteiger partial charge < -0.3 is 10.0 Å². The molecule has 0 aromatic heterocycles. The molecule has 0 spiro atoms. The molecule has 0 unspecified atom stereocenters. The van der Waals surface area contributed by atoms with E-state index in [1.807, 2.05) is 4.90 Å². The Kier molecular flexibility index (Phi) is 4.81. The predicted molar refractivity (Wildman–Crippen MR) is 71.4 cm³/mol. The van der Waals surface area contributed by atoms with Crippen molar-refractivity contribution in [1.82, 2.24) is 9.21 Å². The molecule has 1 aliphatic heterocycles. The minimum atomic E-state index is -3.13. The Morgan fingerprint density at radius 1 is 1.11 bits per heavy atom. The van der Waals surface area contributed by atoms with Gasteiger partial charge in [0.2, 0.25) is 10.0 Å². The van der Waals surface area contributed by atoms with Crippen molar-refractivity contribution < 1.29 is 18.3 Å². The molecule has 1 saturated heterocycles. The molecule has 6 nitrogen and oxygen atoms in total. The zero-order valence-electron chi connectivity index (χ0n) is 11.1. The van der Waals surface area contributed by atoms with E-state index in [2.05, 4.69) is 0 Å². The lowest BCUT2D eigenvalue weighted by Gasteiger charge is -2.35. The van der Waals surface area contributed by atoms with Gasteiger partial charge in [0.1, 0.15) is 0 Å². The van der Waals surface area contributed by atoms with Gasteiger partial charge in [0.15, 0.2) is 0 Å². The Hall–Kier alpha value is -0.660. The average Bonchev–Trinajstić information content (AvgIpc) is 2.91. The topological polar surface area (TPSA) is 77.9 Å². The SMILES string of the molecule is O=C(O)CCN1CCN(S(=O)(=O)C2CCCC2)CC1. The fraction of sp³-hybridized carbons (Fsp3) is 0.917. The summed E-state index contributed by atoms with van der Waals surface area (Å²) in [6.45, 7) is 2.78. The highest BCUT2D eigenvalue weighted by Crippen LogP contribution is 2.27. The highest BCUT2D eigenvalue weighted by molar-refractivity contribution is 7.89. The van der Waals surface area contributed by atoms with Crippen molar-refractivity contribution in [1.29, 1.82) is 0 Å². The predicted octanol–water partition coefficient (Wildman–Crippen LogP) is 0.351. The van der Waals surface area contributed by atoms with Gasteiger partial charge in [-0.3, -0.25) is 4.79 Å². The van der Waals surface area contributed by atoms with Crippen molar-refractivity contribution in [3.05, 3.63) is 0 Å². The van der Waals surface area contributed by atoms with Crippen molar-refractivity contribution in [2.45, 2.75) is 37.4 Å². The van der Waals surface area contributed by atoms with Crippen LogP contribution in [0, 0.1) is 0 Å². The standard InChI is InChI=1S/C12H22N2O4S/c15-12(16)5-6-13-7-9-14(10-8-13)19(17,18)11-3-1-2-4-11/h11H,1-10H2,(H,15,16). The number of piperazine rings is 1. The van der Waals surface area contributed by atoms with Crippen molar-refractivity contribution in [2.75, 3.05) is 32.7 Å². The minimum Gasteiger partial charge on any atom is -0.481 e. The molecule has 0 bridgehead atoms. The molecule has 110 valence electrons. The zero-order chi connectivity index (χ0) is 13.9. The van der Waals surface area contributed by atoms with E-state index in [1.165, 1.54) is 0 Å². The molecule has 2 aliphatic rings. The third-order valence-corrected chi connectivity index (χ3v) is 6.46. The first kappa shape index (κ1) is 14.7. The van der Waals surface area contributed by atoms with E-state index in [0.29, 0.717) is 32.7 Å². The Balaban J connectivity index is 1.83. The van der Waals surface area contributed by atoms with Crippen LogP contribution in [-0.4, -0.2) is 66.7 Å². The van der Waals surface area contributed by atoms with Gasteiger partial charge in [0, 0.05) is 32.7 Å². The van der Waals surface area contributed by atoms with Gasteiger partial charge in [0.25, 0.3) is 0 Å². The summed E-state index contributed by atoms with van der Waals surface area (Å²) in [5.41, 5.74) is 0. The molecule has 0 aromatic rings. The smallest absolute Gasteiger partial charge is 0.304 e. The monoisotopic (exact) mass is 290 g/mol. The number of aliphatic carboxylic acids is 1. The fourth-order valence-corrected chi connectivity index (χ4v) is 4.88. The van der Waals surface area contributed by atoms with Crippen LogP contribution in [0.25, 0.3) is 0 Å². The number of rotatable bonds is 5. The number of carboxylic acid groups (broad SMARTS) is 1. The second-order valence-electron chi connectivity index (χ2n) is 5.34. The van der Waals surface area contributed by atoms with Crippen LogP contribution in [-0.2, 0) is 14.8 Å². The molecular weight excluding hydrogens is 268 g/mol. The van der Waals surface area contributed by atoms with Crippen LogP contribution < -0.4 is 0 Å². The first-order chi connectivity index (χ1) is 9.00. The van der Waals surface area contributed by atoms with E-state index in [0.717, 1.165) is 25.7 Å². The molecule has 1 saturated carbocycles. The summed E-state index contributed by atoms with van der Waals surface area (Å²) < 4.78 is 26.3. The summed E-state index contributed by atoms with van der Waals surface area (Å²) in [6.07, 6.45) is 3.74. The van der Waals surface area contributed by atoms with Gasteiger partial charge in [-0.15, -0.1) is 0 Å². The van der Waals surface area contributed by atoms with E-state index in [4.69, 9.17) is 5.11 Å². The normalized spacial score (nSPS) is 23.8. The number of carboxylic acids is 1. The summed E-state index contributed by atoms with van der Waals surface area (Å²) in [6, 6.07) is 0. The van der Waals surface area contributed by atoms with Gasteiger partial charge >= 0.3 is 5.97 Å². The van der Waals surface area contributed by atoms with Crippen LogP contribution in [0.2, 0.25) is 0 Å². The van der Waals surface area contributed by atoms with Gasteiger partial charge in [-0.1, -0.05) is 12.8 Å². The largest absolute Gasteiger partial charge is 0.481 e. The van der Waals surface area contributed by atoms with E-state index < -0.39 is 16.0 Å². The molecular formula is C12H22N2O4S. The van der Waals surface area contributed by atoms with Gasteiger partial charge in [-0.25, -0.2) is 8.42 Å². The van der Waals surface area contributed by atoms with Crippen molar-refractivity contribution in [3.8, 4) is 0 Å². The molecule has 2 fully saturated rings. The van der Waals surface area contributed by atoms with Crippen molar-refractivity contribution in [2.24, 2.45) is 0 Å². The maximum absolute atomic E-state index is 12.4. The van der Waals surface area contributed by atoms with Gasteiger partial charge in [-0.2, -0.15) is 4.31 Å².